The number of benzene rings is 3. The van der Waals surface area contributed by atoms with Gasteiger partial charge in [0.1, 0.15) is 0 Å². The minimum atomic E-state index is 0.869. The van der Waals surface area contributed by atoms with E-state index in [4.69, 9.17) is 4.74 Å². The molecule has 2 fully saturated rings. The normalized spacial score (nSPS) is 21.9. The molecule has 0 radical (unpaired) electrons. The number of fused-ring (bicyclic) bond motifs is 4. The first-order valence-electron chi connectivity index (χ1n) is 17.7. The minimum absolute atomic E-state index is 0.869. The molecule has 4 aromatic rings. The molecule has 1 aromatic heterocycles. The summed E-state index contributed by atoms with van der Waals surface area (Å²) in [5, 5.41) is 4.28. The van der Waals surface area contributed by atoms with Crippen LogP contribution < -0.4 is 15.3 Å². The van der Waals surface area contributed by atoms with Gasteiger partial charge in [0.25, 0.3) is 0 Å². The maximum atomic E-state index is 5.62. The molecule has 0 amide bonds. The quantitative estimate of drug-likeness (QED) is 0.312. The highest BCUT2D eigenvalue weighted by Crippen LogP contribution is 2.36. The maximum Gasteiger partial charge on any atom is 0.0694 e. The predicted octanol–water partition coefficient (Wildman–Crippen LogP) is 4.76. The number of rotatable bonds is 6. The summed E-state index contributed by atoms with van der Waals surface area (Å²) in [6.45, 7) is 15.1. The summed E-state index contributed by atoms with van der Waals surface area (Å²) in [6.07, 6.45) is 4.52. The summed E-state index contributed by atoms with van der Waals surface area (Å²) >= 11 is 0. The molecule has 0 N–H and O–H groups in total. The molecule has 6 heteroatoms. The SMILES string of the molecule is C/C1=c2/cc(-c3ccc(N4CCN(C)CC4)cc3)cc/c2=C2/c3c(c4ccccc4n3CCCN2CCCN2CCOCC2)CC1. The van der Waals surface area contributed by atoms with Crippen molar-refractivity contribution in [2.75, 3.05) is 84.1 Å². The van der Waals surface area contributed by atoms with Gasteiger partial charge in [0.2, 0.25) is 0 Å². The topological polar surface area (TPSA) is 27.1 Å². The minimum Gasteiger partial charge on any atom is -0.379 e. The number of morpholine rings is 1. The smallest absolute Gasteiger partial charge is 0.0694 e. The second kappa shape index (κ2) is 12.9. The Bertz CT molecular complexity index is 1830. The van der Waals surface area contributed by atoms with Crippen molar-refractivity contribution in [2.24, 2.45) is 0 Å². The molecule has 0 bridgehead atoms. The molecule has 2 saturated heterocycles. The molecule has 0 saturated carbocycles. The maximum absolute atomic E-state index is 5.62. The zero-order valence-electron chi connectivity index (χ0n) is 27.8. The van der Waals surface area contributed by atoms with Gasteiger partial charge >= 0.3 is 0 Å². The fraction of sp³-hybridized carbons (Fsp3) is 0.450. The van der Waals surface area contributed by atoms with E-state index < -0.39 is 0 Å². The van der Waals surface area contributed by atoms with Gasteiger partial charge in [0.15, 0.2) is 0 Å². The van der Waals surface area contributed by atoms with Crippen molar-refractivity contribution < 1.29 is 4.74 Å². The highest BCUT2D eigenvalue weighted by Gasteiger charge is 2.28. The van der Waals surface area contributed by atoms with Crippen LogP contribution in [-0.4, -0.2) is 98.4 Å². The third-order valence-electron chi connectivity index (χ3n) is 11.0. The van der Waals surface area contributed by atoms with E-state index in [0.29, 0.717) is 0 Å². The summed E-state index contributed by atoms with van der Waals surface area (Å²) in [5.74, 6) is 0. The summed E-state index contributed by atoms with van der Waals surface area (Å²) < 4.78 is 8.29. The Balaban J connectivity index is 1.22. The average Bonchev–Trinajstić information content (AvgIpc) is 3.27. The van der Waals surface area contributed by atoms with E-state index >= 15 is 0 Å². The van der Waals surface area contributed by atoms with Crippen LogP contribution in [0.4, 0.5) is 5.69 Å². The highest BCUT2D eigenvalue weighted by atomic mass is 16.5. The lowest BCUT2D eigenvalue weighted by Gasteiger charge is -2.34. The van der Waals surface area contributed by atoms with Gasteiger partial charge in [-0.15, -0.1) is 0 Å². The molecular weight excluding hydrogens is 566 g/mol. The molecule has 0 atom stereocenters. The Morgan fingerprint density at radius 2 is 1.50 bits per heavy atom. The second-order valence-corrected chi connectivity index (χ2v) is 13.9. The second-order valence-electron chi connectivity index (χ2n) is 13.9. The molecule has 4 heterocycles. The van der Waals surface area contributed by atoms with Gasteiger partial charge in [-0.25, -0.2) is 0 Å². The number of piperazine rings is 1. The molecular formula is C40H49N5O. The van der Waals surface area contributed by atoms with Crippen LogP contribution in [0.15, 0.2) is 66.7 Å². The zero-order valence-corrected chi connectivity index (χ0v) is 27.8. The van der Waals surface area contributed by atoms with Crippen molar-refractivity contribution in [1.82, 2.24) is 19.3 Å². The van der Waals surface area contributed by atoms with Crippen molar-refractivity contribution in [3.05, 3.63) is 88.4 Å². The molecule has 4 aliphatic rings. The Morgan fingerprint density at radius 3 is 2.33 bits per heavy atom. The van der Waals surface area contributed by atoms with Crippen LogP contribution in [0.1, 0.15) is 37.4 Å². The number of hydrogen-bond acceptors (Lipinski definition) is 5. The number of ether oxygens (including phenoxy) is 1. The Morgan fingerprint density at radius 1 is 0.717 bits per heavy atom. The van der Waals surface area contributed by atoms with Gasteiger partial charge in [-0.05, 0) is 85.8 Å². The first-order valence-corrected chi connectivity index (χ1v) is 17.7. The molecule has 0 spiro atoms. The lowest BCUT2D eigenvalue weighted by molar-refractivity contribution is 0.0367. The summed E-state index contributed by atoms with van der Waals surface area (Å²) in [7, 11) is 2.22. The van der Waals surface area contributed by atoms with Crippen LogP contribution in [0.5, 0.6) is 0 Å². The van der Waals surface area contributed by atoms with Gasteiger partial charge in [-0.1, -0.05) is 48.0 Å². The van der Waals surface area contributed by atoms with Crippen LogP contribution in [0.25, 0.3) is 33.3 Å². The first-order chi connectivity index (χ1) is 22.6. The Hall–Kier alpha value is -3.58. The molecule has 3 aromatic carbocycles. The van der Waals surface area contributed by atoms with Gasteiger partial charge < -0.3 is 24.0 Å². The highest BCUT2D eigenvalue weighted by molar-refractivity contribution is 5.91. The number of hydrogen-bond donors (Lipinski definition) is 0. The van der Waals surface area contributed by atoms with Crippen LogP contribution in [-0.2, 0) is 17.7 Å². The molecule has 0 unspecified atom stereocenters. The van der Waals surface area contributed by atoms with E-state index in [9.17, 15) is 0 Å². The largest absolute Gasteiger partial charge is 0.379 e. The number of nitrogens with zero attached hydrogens (tertiary/aromatic N) is 5. The number of anilines is 1. The van der Waals surface area contributed by atoms with E-state index in [1.165, 1.54) is 68.0 Å². The summed E-state index contributed by atoms with van der Waals surface area (Å²) in [5.41, 5.74) is 11.3. The van der Waals surface area contributed by atoms with Crippen molar-refractivity contribution >= 4 is 27.9 Å². The summed E-state index contributed by atoms with van der Waals surface area (Å²) in [4.78, 5) is 10.3. The van der Waals surface area contributed by atoms with Crippen LogP contribution in [0.3, 0.4) is 0 Å². The molecule has 3 aliphatic heterocycles. The van der Waals surface area contributed by atoms with E-state index in [1.54, 1.807) is 5.56 Å². The van der Waals surface area contributed by atoms with Gasteiger partial charge in [0, 0.05) is 87.3 Å². The van der Waals surface area contributed by atoms with Crippen molar-refractivity contribution in [3.8, 4) is 11.1 Å². The molecule has 8 rings (SSSR count). The van der Waals surface area contributed by atoms with Crippen LogP contribution >= 0.6 is 0 Å². The molecule has 240 valence electrons. The van der Waals surface area contributed by atoms with Crippen molar-refractivity contribution in [1.29, 1.82) is 0 Å². The standard InChI is InChI=1S/C40H49N5O/c1-30-9-15-35-34-7-3-4-8-38(34)45-20-6-19-44(18-5-17-42-25-27-46-28-26-42)39(40(35)45)36-16-12-32(29-37(30)36)31-10-13-33(14-11-31)43-23-21-41(2)22-24-43/h3-4,7-8,10-14,16,29H,5-6,9,15,17-28H2,1-2H3/b37-30+,39-36+. The fourth-order valence-electron chi connectivity index (χ4n) is 8.30. The molecule has 1 aliphatic carbocycles. The summed E-state index contributed by atoms with van der Waals surface area (Å²) in [6, 6.07) is 25.8. The third-order valence-corrected chi connectivity index (χ3v) is 11.0. The average molecular weight is 616 g/mol. The van der Waals surface area contributed by atoms with E-state index in [1.807, 2.05) is 0 Å². The van der Waals surface area contributed by atoms with E-state index in [2.05, 4.69) is 105 Å². The van der Waals surface area contributed by atoms with Crippen LogP contribution in [0, 0.1) is 0 Å². The number of para-hydroxylation sites is 1. The lowest BCUT2D eigenvalue weighted by atomic mass is 9.93. The van der Waals surface area contributed by atoms with Gasteiger partial charge in [0.05, 0.1) is 24.6 Å². The number of aromatic nitrogens is 1. The molecule has 6 nitrogen and oxygen atoms in total. The Kier molecular flexibility index (Phi) is 8.36. The Labute approximate surface area is 274 Å². The van der Waals surface area contributed by atoms with Gasteiger partial charge in [-0.2, -0.15) is 0 Å². The third kappa shape index (κ3) is 5.65. The monoisotopic (exact) mass is 615 g/mol. The number of aryl methyl sites for hydroxylation is 2. The van der Waals surface area contributed by atoms with Crippen molar-refractivity contribution in [3.63, 3.8) is 0 Å². The number of likely N-dealkylation sites (N-methyl/N-ethyl adjacent to an activating group) is 1. The lowest BCUT2D eigenvalue weighted by Crippen LogP contribution is -2.44. The fourth-order valence-corrected chi connectivity index (χ4v) is 8.30. The predicted molar refractivity (Wildman–Crippen MR) is 191 cm³/mol. The van der Waals surface area contributed by atoms with Crippen molar-refractivity contribution in [2.45, 2.75) is 39.2 Å². The van der Waals surface area contributed by atoms with Crippen LogP contribution in [0.2, 0.25) is 0 Å². The molecule has 46 heavy (non-hydrogen) atoms. The van der Waals surface area contributed by atoms with E-state index in [0.717, 1.165) is 91.5 Å². The van der Waals surface area contributed by atoms with Gasteiger partial charge in [-0.3, -0.25) is 4.90 Å². The zero-order chi connectivity index (χ0) is 31.0. The first kappa shape index (κ1) is 29.8. The van der Waals surface area contributed by atoms with E-state index in [-0.39, 0.29) is 0 Å².